The molecule has 2 aliphatic carbocycles. The Bertz CT molecular complexity index is 1980. The standard InChI is InChI=1S/C27H39NO3.C26H37NO3/c1-6-30-26(29)15-16-28(5)19-20-7-8-22-18-25(12-9-21(22)17-20)31-24-13-10-23(11-14-24)27(2,3)4;1-5-29-25(28)14-15-27-18-19-6-7-21-17-24(11-8-20(21)16-19)30-23-12-9-22(10-13-23)26(2,3)4/h7-9,12,17-18,23-24H,6,10-11,13-16,19H2,1-5H3;6-8,11,16-17,22-23,27H,5,9-10,12-15,18H2,1-4H3. The van der Waals surface area contributed by atoms with Gasteiger partial charge < -0.3 is 29.2 Å². The van der Waals surface area contributed by atoms with Gasteiger partial charge in [0, 0.05) is 26.2 Å². The molecule has 6 rings (SSSR count). The lowest BCUT2D eigenvalue weighted by Crippen LogP contribution is -2.30. The van der Waals surface area contributed by atoms with E-state index in [4.69, 9.17) is 18.9 Å². The average Bonchev–Trinajstić information content (AvgIpc) is 3.22. The van der Waals surface area contributed by atoms with Crippen LogP contribution in [0.1, 0.15) is 131 Å². The number of nitrogens with zero attached hydrogens (tertiary/aromatic N) is 1. The molecule has 8 heteroatoms. The van der Waals surface area contributed by atoms with E-state index in [0.29, 0.717) is 62.2 Å². The van der Waals surface area contributed by atoms with Gasteiger partial charge in [-0.2, -0.15) is 0 Å². The molecule has 4 aromatic rings. The van der Waals surface area contributed by atoms with Crippen molar-refractivity contribution in [1.29, 1.82) is 0 Å². The van der Waals surface area contributed by atoms with Gasteiger partial charge in [0.05, 0.1) is 38.3 Å². The SMILES string of the molecule is CCOC(=O)CCN(C)Cc1ccc2cc(OC3CCC(C(C)(C)C)CC3)ccc2c1.CCOC(=O)CCNCc1ccc2cc(OC3CCC(C(C)(C)C)CC3)ccc2c1. The molecule has 0 aromatic heterocycles. The van der Waals surface area contributed by atoms with Crippen LogP contribution < -0.4 is 14.8 Å². The Hall–Kier alpha value is -4.14. The van der Waals surface area contributed by atoms with Gasteiger partial charge in [0.2, 0.25) is 0 Å². The molecule has 0 spiro atoms. The number of carbonyl (C=O) groups excluding carboxylic acids is 2. The van der Waals surface area contributed by atoms with Crippen LogP contribution in [0.25, 0.3) is 21.5 Å². The minimum absolute atomic E-state index is 0.132. The van der Waals surface area contributed by atoms with Crippen molar-refractivity contribution in [3.8, 4) is 11.5 Å². The number of hydrogen-bond acceptors (Lipinski definition) is 8. The minimum atomic E-state index is -0.150. The summed E-state index contributed by atoms with van der Waals surface area (Å²) >= 11 is 0. The molecule has 61 heavy (non-hydrogen) atoms. The molecule has 0 bridgehead atoms. The Kier molecular flexibility index (Phi) is 17.9. The maximum Gasteiger partial charge on any atom is 0.307 e. The monoisotopic (exact) mass is 837 g/mol. The van der Waals surface area contributed by atoms with Crippen LogP contribution >= 0.6 is 0 Å². The number of benzene rings is 4. The van der Waals surface area contributed by atoms with Gasteiger partial charge >= 0.3 is 11.9 Å². The molecular formula is C53H76N2O6. The largest absolute Gasteiger partial charge is 0.490 e. The lowest BCUT2D eigenvalue weighted by Gasteiger charge is -2.37. The Morgan fingerprint density at radius 2 is 1.02 bits per heavy atom. The Balaban J connectivity index is 0.000000231. The van der Waals surface area contributed by atoms with Crippen LogP contribution in [0.5, 0.6) is 11.5 Å². The Labute approximate surface area is 367 Å². The Morgan fingerprint density at radius 1 is 0.590 bits per heavy atom. The van der Waals surface area contributed by atoms with Crippen molar-refractivity contribution < 1.29 is 28.5 Å². The first-order chi connectivity index (χ1) is 29.1. The van der Waals surface area contributed by atoms with Gasteiger partial charge in [-0.25, -0.2) is 0 Å². The van der Waals surface area contributed by atoms with Crippen molar-refractivity contribution >= 4 is 33.5 Å². The third kappa shape index (κ3) is 15.6. The minimum Gasteiger partial charge on any atom is -0.490 e. The van der Waals surface area contributed by atoms with E-state index in [9.17, 15) is 9.59 Å². The lowest BCUT2D eigenvalue weighted by molar-refractivity contribution is -0.144. The average molecular weight is 837 g/mol. The third-order valence-electron chi connectivity index (χ3n) is 12.8. The predicted molar refractivity (Wildman–Crippen MR) is 250 cm³/mol. The fraction of sp³-hybridized carbons (Fsp3) is 0.585. The number of hydrogen-bond donors (Lipinski definition) is 1. The molecule has 0 heterocycles. The molecule has 0 radical (unpaired) electrons. The number of ether oxygens (including phenoxy) is 4. The predicted octanol–water partition coefficient (Wildman–Crippen LogP) is 12.1. The molecular weight excluding hydrogens is 761 g/mol. The first-order valence-corrected chi connectivity index (χ1v) is 23.2. The van der Waals surface area contributed by atoms with Crippen LogP contribution in [0.15, 0.2) is 72.8 Å². The highest BCUT2D eigenvalue weighted by Gasteiger charge is 2.31. The van der Waals surface area contributed by atoms with Crippen molar-refractivity contribution in [3.63, 3.8) is 0 Å². The molecule has 4 aromatic carbocycles. The second-order valence-electron chi connectivity index (χ2n) is 19.6. The number of carbonyl (C=O) groups is 2. The second kappa shape index (κ2) is 22.8. The molecule has 0 amide bonds. The van der Waals surface area contributed by atoms with E-state index in [1.54, 1.807) is 0 Å². The van der Waals surface area contributed by atoms with Crippen LogP contribution in [0, 0.1) is 22.7 Å². The summed E-state index contributed by atoms with van der Waals surface area (Å²) < 4.78 is 22.6. The highest BCUT2D eigenvalue weighted by molar-refractivity contribution is 5.85. The van der Waals surface area contributed by atoms with Gasteiger partial charge in [-0.15, -0.1) is 0 Å². The number of rotatable bonds is 16. The Morgan fingerprint density at radius 3 is 1.49 bits per heavy atom. The molecule has 2 aliphatic rings. The van der Waals surface area contributed by atoms with Gasteiger partial charge in [0.1, 0.15) is 11.5 Å². The van der Waals surface area contributed by atoms with E-state index < -0.39 is 0 Å². The van der Waals surface area contributed by atoms with Gasteiger partial charge in [-0.05, 0) is 164 Å². The molecule has 1 N–H and O–H groups in total. The molecule has 0 unspecified atom stereocenters. The summed E-state index contributed by atoms with van der Waals surface area (Å²) in [4.78, 5) is 25.1. The van der Waals surface area contributed by atoms with E-state index in [1.165, 1.54) is 58.4 Å². The fourth-order valence-electron chi connectivity index (χ4n) is 8.94. The summed E-state index contributed by atoms with van der Waals surface area (Å²) in [6.07, 6.45) is 11.1. The van der Waals surface area contributed by atoms with Crippen molar-refractivity contribution in [2.75, 3.05) is 33.4 Å². The lowest BCUT2D eigenvalue weighted by atomic mass is 9.72. The van der Waals surface area contributed by atoms with Crippen LogP contribution in [0.2, 0.25) is 0 Å². The molecule has 2 fully saturated rings. The van der Waals surface area contributed by atoms with Gasteiger partial charge in [0.15, 0.2) is 0 Å². The summed E-state index contributed by atoms with van der Waals surface area (Å²) in [7, 11) is 2.04. The molecule has 2 saturated carbocycles. The van der Waals surface area contributed by atoms with E-state index >= 15 is 0 Å². The zero-order valence-electron chi connectivity index (χ0n) is 38.9. The van der Waals surface area contributed by atoms with Crippen LogP contribution in [0.3, 0.4) is 0 Å². The normalized spacial score (nSPS) is 19.6. The zero-order chi connectivity index (χ0) is 44.0. The quantitative estimate of drug-likeness (QED) is 0.0882. The maximum atomic E-state index is 11.5. The topological polar surface area (TPSA) is 86.3 Å². The summed E-state index contributed by atoms with van der Waals surface area (Å²) in [6.45, 7) is 21.5. The highest BCUT2D eigenvalue weighted by Crippen LogP contribution is 2.40. The van der Waals surface area contributed by atoms with E-state index in [1.807, 2.05) is 20.9 Å². The van der Waals surface area contributed by atoms with Crippen molar-refractivity contribution in [3.05, 3.63) is 83.9 Å². The first-order valence-electron chi connectivity index (χ1n) is 23.2. The first kappa shape index (κ1) is 47.9. The van der Waals surface area contributed by atoms with Crippen molar-refractivity contribution in [2.45, 2.75) is 145 Å². The summed E-state index contributed by atoms with van der Waals surface area (Å²) in [5, 5.41) is 8.15. The zero-order valence-corrected chi connectivity index (χ0v) is 38.9. The smallest absolute Gasteiger partial charge is 0.307 e. The van der Waals surface area contributed by atoms with Gasteiger partial charge in [-0.3, -0.25) is 9.59 Å². The molecule has 0 aliphatic heterocycles. The van der Waals surface area contributed by atoms with E-state index in [-0.39, 0.29) is 11.9 Å². The number of nitrogens with one attached hydrogen (secondary N) is 1. The molecule has 0 saturated heterocycles. The second-order valence-corrected chi connectivity index (χ2v) is 19.6. The summed E-state index contributed by atoms with van der Waals surface area (Å²) in [6, 6.07) is 25.9. The van der Waals surface area contributed by atoms with Gasteiger partial charge in [0.25, 0.3) is 0 Å². The highest BCUT2D eigenvalue weighted by atomic mass is 16.5. The van der Waals surface area contributed by atoms with Crippen LogP contribution in [0.4, 0.5) is 0 Å². The maximum absolute atomic E-state index is 11.5. The van der Waals surface area contributed by atoms with E-state index in [0.717, 1.165) is 62.1 Å². The third-order valence-corrected chi connectivity index (χ3v) is 12.8. The van der Waals surface area contributed by atoms with Crippen molar-refractivity contribution in [1.82, 2.24) is 10.2 Å². The van der Waals surface area contributed by atoms with Crippen molar-refractivity contribution in [2.24, 2.45) is 22.7 Å². The summed E-state index contributed by atoms with van der Waals surface area (Å²) in [5.74, 6) is 3.28. The number of esters is 2. The molecule has 0 atom stereocenters. The van der Waals surface area contributed by atoms with Crippen LogP contribution in [-0.2, 0) is 32.2 Å². The molecule has 8 nitrogen and oxygen atoms in total. The summed E-state index contributed by atoms with van der Waals surface area (Å²) in [5.41, 5.74) is 3.26. The number of fused-ring (bicyclic) bond motifs is 2. The van der Waals surface area contributed by atoms with Gasteiger partial charge in [-0.1, -0.05) is 77.9 Å². The molecule has 334 valence electrons. The van der Waals surface area contributed by atoms with E-state index in [2.05, 4.69) is 125 Å². The van der Waals surface area contributed by atoms with Crippen LogP contribution in [-0.4, -0.2) is 62.4 Å². The fourth-order valence-corrected chi connectivity index (χ4v) is 8.94.